The molecule has 0 saturated heterocycles. The number of carboxylic acid groups (broad SMARTS) is 1. The lowest BCUT2D eigenvalue weighted by Crippen LogP contribution is -2.30. The smallest absolute Gasteiger partial charge is 0.341 e. The molecule has 0 bridgehead atoms. The first-order chi connectivity index (χ1) is 13.9. The Kier molecular flexibility index (Phi) is 6.38. The fourth-order valence-corrected chi connectivity index (χ4v) is 4.09. The van der Waals surface area contributed by atoms with E-state index < -0.39 is 17.8 Å². The number of ketones is 1. The van der Waals surface area contributed by atoms with Gasteiger partial charge in [-0.15, -0.1) is 0 Å². The maximum Gasteiger partial charge on any atom is 0.341 e. The molecule has 1 aliphatic rings. The summed E-state index contributed by atoms with van der Waals surface area (Å²) in [5.74, 6) is -0.749. The number of carbonyl (C=O) groups is 3. The molecule has 29 heavy (non-hydrogen) atoms. The molecule has 3 rings (SSSR count). The molecule has 1 aliphatic heterocycles. The van der Waals surface area contributed by atoms with Gasteiger partial charge in [-0.3, -0.25) is 9.59 Å². The van der Waals surface area contributed by atoms with Crippen molar-refractivity contribution in [2.24, 2.45) is 0 Å². The molecule has 8 nitrogen and oxygen atoms in total. The van der Waals surface area contributed by atoms with Crippen molar-refractivity contribution < 1.29 is 29.0 Å². The van der Waals surface area contributed by atoms with E-state index in [1.807, 2.05) is 6.92 Å². The van der Waals surface area contributed by atoms with Gasteiger partial charge in [-0.1, -0.05) is 17.8 Å². The highest BCUT2D eigenvalue weighted by Crippen LogP contribution is 2.37. The standard InChI is InChI=1S/C20H20N2O6S/c1-11(12-5-6-14(15(8-12)27-2)28-10-18(24)25)22-17(23)9-16-19(26)13-4-3-7-21-20(13)29-16/h3-8,11,16H,9-10H2,1-2H3,(H,22,23)(H,24,25). The van der Waals surface area contributed by atoms with E-state index in [4.69, 9.17) is 14.6 Å². The number of methoxy groups -OCH3 is 1. The van der Waals surface area contributed by atoms with Gasteiger partial charge in [0.05, 0.1) is 24.0 Å². The van der Waals surface area contributed by atoms with E-state index in [2.05, 4.69) is 10.3 Å². The van der Waals surface area contributed by atoms with E-state index in [1.54, 1.807) is 36.5 Å². The number of hydrogen-bond donors (Lipinski definition) is 2. The summed E-state index contributed by atoms with van der Waals surface area (Å²) in [5.41, 5.74) is 1.32. The Morgan fingerprint density at radius 1 is 1.31 bits per heavy atom. The van der Waals surface area contributed by atoms with Crippen LogP contribution in [0.5, 0.6) is 11.5 Å². The van der Waals surface area contributed by atoms with Gasteiger partial charge in [-0.25, -0.2) is 9.78 Å². The quantitative estimate of drug-likeness (QED) is 0.674. The zero-order chi connectivity index (χ0) is 21.0. The summed E-state index contributed by atoms with van der Waals surface area (Å²) in [6.45, 7) is 1.33. The lowest BCUT2D eigenvalue weighted by atomic mass is 10.1. The van der Waals surface area contributed by atoms with E-state index in [9.17, 15) is 14.4 Å². The van der Waals surface area contributed by atoms with Gasteiger partial charge in [-0.2, -0.15) is 0 Å². The summed E-state index contributed by atoms with van der Waals surface area (Å²) < 4.78 is 10.4. The molecular weight excluding hydrogens is 396 g/mol. The first-order valence-corrected chi connectivity index (χ1v) is 9.74. The monoisotopic (exact) mass is 416 g/mol. The number of nitrogens with one attached hydrogen (secondary N) is 1. The highest BCUT2D eigenvalue weighted by atomic mass is 32.2. The van der Waals surface area contributed by atoms with Crippen molar-refractivity contribution in [2.45, 2.75) is 29.7 Å². The number of benzene rings is 1. The molecule has 1 aromatic heterocycles. The summed E-state index contributed by atoms with van der Waals surface area (Å²) in [7, 11) is 1.45. The maximum absolute atomic E-state index is 12.5. The van der Waals surface area contributed by atoms with Gasteiger partial charge in [0, 0.05) is 12.6 Å². The van der Waals surface area contributed by atoms with Crippen molar-refractivity contribution in [1.29, 1.82) is 0 Å². The number of pyridine rings is 1. The van der Waals surface area contributed by atoms with E-state index in [0.717, 1.165) is 5.56 Å². The molecule has 9 heteroatoms. The summed E-state index contributed by atoms with van der Waals surface area (Å²) in [6, 6.07) is 8.08. The lowest BCUT2D eigenvalue weighted by Gasteiger charge is -2.17. The molecule has 2 unspecified atom stereocenters. The molecule has 1 aromatic carbocycles. The number of amides is 1. The van der Waals surface area contributed by atoms with Gasteiger partial charge in [-0.05, 0) is 36.8 Å². The number of fused-ring (bicyclic) bond motifs is 1. The van der Waals surface area contributed by atoms with Crippen molar-refractivity contribution >= 4 is 29.4 Å². The Bertz CT molecular complexity index is 948. The Morgan fingerprint density at radius 3 is 2.79 bits per heavy atom. The van der Waals surface area contributed by atoms with Gasteiger partial charge in [0.2, 0.25) is 5.91 Å². The predicted molar refractivity (Wildman–Crippen MR) is 106 cm³/mol. The SMILES string of the molecule is COc1cc(C(C)NC(=O)CC2Sc3ncccc3C2=O)ccc1OCC(=O)O. The number of hydrogen-bond acceptors (Lipinski definition) is 7. The first-order valence-electron chi connectivity index (χ1n) is 8.86. The Morgan fingerprint density at radius 2 is 2.10 bits per heavy atom. The largest absolute Gasteiger partial charge is 0.493 e. The van der Waals surface area contributed by atoms with Crippen LogP contribution in [0.25, 0.3) is 0 Å². The number of ether oxygens (including phenoxy) is 2. The number of aliphatic carboxylic acids is 1. The second-order valence-corrected chi connectivity index (χ2v) is 7.60. The highest BCUT2D eigenvalue weighted by molar-refractivity contribution is 8.01. The lowest BCUT2D eigenvalue weighted by molar-refractivity contribution is -0.139. The molecule has 2 aromatic rings. The third-order valence-electron chi connectivity index (χ3n) is 4.37. The van der Waals surface area contributed by atoms with Crippen LogP contribution in [0.1, 0.15) is 35.3 Å². The number of carbonyl (C=O) groups excluding carboxylic acids is 2. The third kappa shape index (κ3) is 4.86. The number of rotatable bonds is 8. The summed E-state index contributed by atoms with van der Waals surface area (Å²) in [4.78, 5) is 39.7. The van der Waals surface area contributed by atoms with Gasteiger partial charge >= 0.3 is 5.97 Å². The Balaban J connectivity index is 1.61. The number of aromatic nitrogens is 1. The molecule has 0 radical (unpaired) electrons. The maximum atomic E-state index is 12.5. The van der Waals surface area contributed by atoms with E-state index in [0.29, 0.717) is 22.1 Å². The van der Waals surface area contributed by atoms with Crippen molar-refractivity contribution in [3.63, 3.8) is 0 Å². The number of Topliss-reactive ketones (excluding diaryl/α,β-unsaturated/α-hetero) is 1. The highest BCUT2D eigenvalue weighted by Gasteiger charge is 2.34. The van der Waals surface area contributed by atoms with Gasteiger partial charge in [0.1, 0.15) is 5.03 Å². The Hall–Kier alpha value is -3.07. The van der Waals surface area contributed by atoms with Gasteiger partial charge in [0.25, 0.3) is 0 Å². The second kappa shape index (κ2) is 8.95. The van der Waals surface area contributed by atoms with Crippen molar-refractivity contribution in [2.75, 3.05) is 13.7 Å². The molecule has 152 valence electrons. The Labute approximate surface area is 171 Å². The molecule has 0 aliphatic carbocycles. The van der Waals surface area contributed by atoms with Crippen LogP contribution in [0.3, 0.4) is 0 Å². The molecule has 2 heterocycles. The summed E-state index contributed by atoms with van der Waals surface area (Å²) in [5, 5.41) is 11.8. The van der Waals surface area contributed by atoms with Crippen LogP contribution in [-0.4, -0.2) is 46.7 Å². The van der Waals surface area contributed by atoms with Crippen LogP contribution >= 0.6 is 11.8 Å². The minimum absolute atomic E-state index is 0.0567. The number of nitrogens with zero attached hydrogens (tertiary/aromatic N) is 1. The van der Waals surface area contributed by atoms with Crippen molar-refractivity contribution in [1.82, 2.24) is 10.3 Å². The average molecular weight is 416 g/mol. The number of carboxylic acids is 1. The summed E-state index contributed by atoms with van der Waals surface area (Å²) in [6.07, 6.45) is 1.68. The zero-order valence-electron chi connectivity index (χ0n) is 15.9. The molecule has 0 fully saturated rings. The minimum Gasteiger partial charge on any atom is -0.493 e. The van der Waals surface area contributed by atoms with Crippen LogP contribution < -0.4 is 14.8 Å². The van der Waals surface area contributed by atoms with E-state index >= 15 is 0 Å². The van der Waals surface area contributed by atoms with Crippen LogP contribution in [0.2, 0.25) is 0 Å². The van der Waals surface area contributed by atoms with E-state index in [1.165, 1.54) is 18.9 Å². The fraction of sp³-hybridized carbons (Fsp3) is 0.300. The van der Waals surface area contributed by atoms with Crippen LogP contribution in [0, 0.1) is 0 Å². The van der Waals surface area contributed by atoms with Gasteiger partial charge in [0.15, 0.2) is 23.9 Å². The molecule has 2 atom stereocenters. The molecule has 0 saturated carbocycles. The van der Waals surface area contributed by atoms with Crippen LogP contribution in [0.4, 0.5) is 0 Å². The van der Waals surface area contributed by atoms with Gasteiger partial charge < -0.3 is 19.9 Å². The molecule has 2 N–H and O–H groups in total. The van der Waals surface area contributed by atoms with Crippen molar-refractivity contribution in [3.05, 3.63) is 47.7 Å². The summed E-state index contributed by atoms with van der Waals surface area (Å²) >= 11 is 1.31. The zero-order valence-corrected chi connectivity index (χ0v) is 16.7. The first kappa shape index (κ1) is 20.7. The third-order valence-corrected chi connectivity index (χ3v) is 5.58. The van der Waals surface area contributed by atoms with Crippen LogP contribution in [-0.2, 0) is 9.59 Å². The van der Waals surface area contributed by atoms with E-state index in [-0.39, 0.29) is 24.2 Å². The minimum atomic E-state index is -1.09. The number of thioether (sulfide) groups is 1. The topological polar surface area (TPSA) is 115 Å². The molecule has 0 spiro atoms. The molecule has 1 amide bonds. The second-order valence-electron chi connectivity index (χ2n) is 6.41. The molecular formula is C20H20N2O6S. The predicted octanol–water partition coefficient (Wildman–Crippen LogP) is 2.48. The van der Waals surface area contributed by atoms with Crippen LogP contribution in [0.15, 0.2) is 41.6 Å². The normalized spacial score (nSPS) is 16.1. The fourth-order valence-electron chi connectivity index (χ4n) is 2.93. The van der Waals surface area contributed by atoms with Crippen molar-refractivity contribution in [3.8, 4) is 11.5 Å². The average Bonchev–Trinajstić information content (AvgIpc) is 3.01.